The van der Waals surface area contributed by atoms with Gasteiger partial charge in [0, 0.05) is 24.3 Å². The first kappa shape index (κ1) is 11.0. The number of halogens is 1. The topological polar surface area (TPSA) is 24.1 Å². The molecular weight excluding hydrogens is 215 g/mol. The van der Waals surface area contributed by atoms with E-state index in [-0.39, 0.29) is 5.82 Å². The van der Waals surface area contributed by atoms with Gasteiger partial charge in [-0.25, -0.2) is 4.39 Å². The SMILES string of the molecule is Fc1ccc2c(c1)NCC(NC1CCCC1)C2. The van der Waals surface area contributed by atoms with Crippen molar-refractivity contribution >= 4 is 5.69 Å². The first-order valence-corrected chi connectivity index (χ1v) is 6.59. The summed E-state index contributed by atoms with van der Waals surface area (Å²) in [6.07, 6.45) is 6.36. The van der Waals surface area contributed by atoms with Gasteiger partial charge in [0.2, 0.25) is 0 Å². The minimum absolute atomic E-state index is 0.154. The van der Waals surface area contributed by atoms with Gasteiger partial charge in [-0.15, -0.1) is 0 Å². The van der Waals surface area contributed by atoms with Gasteiger partial charge >= 0.3 is 0 Å². The minimum atomic E-state index is -0.154. The average Bonchev–Trinajstić information content (AvgIpc) is 2.82. The standard InChI is InChI=1S/C14H19FN2/c15-11-6-5-10-7-13(9-16-14(10)8-11)17-12-3-1-2-4-12/h5-6,8,12-13,16-17H,1-4,7,9H2. The number of fused-ring (bicyclic) bond motifs is 1. The molecule has 0 amide bonds. The highest BCUT2D eigenvalue weighted by molar-refractivity contribution is 5.54. The van der Waals surface area contributed by atoms with Gasteiger partial charge in [0.1, 0.15) is 5.82 Å². The van der Waals surface area contributed by atoms with Crippen molar-refractivity contribution in [2.45, 2.75) is 44.2 Å². The number of anilines is 1. The first-order chi connectivity index (χ1) is 8.31. The van der Waals surface area contributed by atoms with Crippen molar-refractivity contribution in [2.24, 2.45) is 0 Å². The van der Waals surface area contributed by atoms with E-state index in [4.69, 9.17) is 0 Å². The lowest BCUT2D eigenvalue weighted by Crippen LogP contribution is -2.44. The number of hydrogen-bond acceptors (Lipinski definition) is 2. The number of hydrogen-bond donors (Lipinski definition) is 2. The monoisotopic (exact) mass is 234 g/mol. The van der Waals surface area contributed by atoms with Gasteiger partial charge < -0.3 is 10.6 Å². The van der Waals surface area contributed by atoms with Crippen LogP contribution in [0.2, 0.25) is 0 Å². The third-order valence-electron chi connectivity index (χ3n) is 3.90. The quantitative estimate of drug-likeness (QED) is 0.822. The van der Waals surface area contributed by atoms with E-state index in [1.165, 1.54) is 31.2 Å². The Bertz CT molecular complexity index is 399. The second kappa shape index (κ2) is 4.65. The molecule has 2 N–H and O–H groups in total. The molecule has 0 bridgehead atoms. The van der Waals surface area contributed by atoms with E-state index >= 15 is 0 Å². The average molecular weight is 234 g/mol. The Hall–Kier alpha value is -1.09. The van der Waals surface area contributed by atoms with Crippen molar-refractivity contribution in [2.75, 3.05) is 11.9 Å². The molecule has 17 heavy (non-hydrogen) atoms. The van der Waals surface area contributed by atoms with Gasteiger partial charge in [-0.1, -0.05) is 18.9 Å². The van der Waals surface area contributed by atoms with Crippen molar-refractivity contribution in [3.8, 4) is 0 Å². The summed E-state index contributed by atoms with van der Waals surface area (Å²) in [5.41, 5.74) is 2.20. The Morgan fingerprint density at radius 2 is 2.00 bits per heavy atom. The Balaban J connectivity index is 1.65. The molecule has 1 aliphatic heterocycles. The summed E-state index contributed by atoms with van der Waals surface area (Å²) in [4.78, 5) is 0. The largest absolute Gasteiger partial charge is 0.383 e. The van der Waals surface area contributed by atoms with Crippen molar-refractivity contribution in [3.05, 3.63) is 29.6 Å². The third kappa shape index (κ3) is 2.44. The van der Waals surface area contributed by atoms with Gasteiger partial charge in [-0.3, -0.25) is 0 Å². The fourth-order valence-corrected chi connectivity index (χ4v) is 3.01. The summed E-state index contributed by atoms with van der Waals surface area (Å²) >= 11 is 0. The molecule has 2 aliphatic rings. The Morgan fingerprint density at radius 1 is 1.18 bits per heavy atom. The predicted molar refractivity (Wildman–Crippen MR) is 67.8 cm³/mol. The third-order valence-corrected chi connectivity index (χ3v) is 3.90. The summed E-state index contributed by atoms with van der Waals surface area (Å²) < 4.78 is 13.1. The summed E-state index contributed by atoms with van der Waals surface area (Å²) in [7, 11) is 0. The molecule has 0 radical (unpaired) electrons. The zero-order chi connectivity index (χ0) is 11.7. The molecule has 0 aromatic heterocycles. The highest BCUT2D eigenvalue weighted by Gasteiger charge is 2.22. The highest BCUT2D eigenvalue weighted by atomic mass is 19.1. The first-order valence-electron chi connectivity index (χ1n) is 6.59. The molecular formula is C14H19FN2. The van der Waals surface area contributed by atoms with Crippen LogP contribution < -0.4 is 10.6 Å². The molecule has 2 nitrogen and oxygen atoms in total. The van der Waals surface area contributed by atoms with E-state index in [9.17, 15) is 4.39 Å². The lowest BCUT2D eigenvalue weighted by atomic mass is 9.98. The van der Waals surface area contributed by atoms with E-state index in [0.29, 0.717) is 12.1 Å². The summed E-state index contributed by atoms with van der Waals surface area (Å²) in [6, 6.07) is 6.25. The highest BCUT2D eigenvalue weighted by Crippen LogP contribution is 2.24. The Labute approximate surface area is 102 Å². The van der Waals surface area contributed by atoms with Crippen LogP contribution in [0, 0.1) is 5.82 Å². The molecule has 1 unspecified atom stereocenters. The van der Waals surface area contributed by atoms with Gasteiger partial charge in [0.15, 0.2) is 0 Å². The molecule has 1 heterocycles. The van der Waals surface area contributed by atoms with Crippen molar-refractivity contribution < 1.29 is 4.39 Å². The van der Waals surface area contributed by atoms with Gasteiger partial charge in [0.05, 0.1) is 0 Å². The molecule has 1 saturated carbocycles. The maximum atomic E-state index is 13.1. The van der Waals surface area contributed by atoms with E-state index in [2.05, 4.69) is 10.6 Å². The maximum Gasteiger partial charge on any atom is 0.125 e. The van der Waals surface area contributed by atoms with Crippen molar-refractivity contribution in [1.29, 1.82) is 0 Å². The number of nitrogens with one attached hydrogen (secondary N) is 2. The molecule has 1 atom stereocenters. The molecule has 3 rings (SSSR count). The van der Waals surface area contributed by atoms with Crippen LogP contribution >= 0.6 is 0 Å². The van der Waals surface area contributed by atoms with Crippen molar-refractivity contribution in [3.63, 3.8) is 0 Å². The summed E-state index contributed by atoms with van der Waals surface area (Å²) in [5.74, 6) is -0.154. The molecule has 1 aromatic rings. The zero-order valence-electron chi connectivity index (χ0n) is 10.0. The Kier molecular flexibility index (Phi) is 3.02. The van der Waals surface area contributed by atoms with E-state index < -0.39 is 0 Å². The van der Waals surface area contributed by atoms with Crippen LogP contribution in [0.15, 0.2) is 18.2 Å². The molecule has 3 heteroatoms. The van der Waals surface area contributed by atoms with Crippen LogP contribution in [0.1, 0.15) is 31.2 Å². The lowest BCUT2D eigenvalue weighted by molar-refractivity contribution is 0.432. The molecule has 92 valence electrons. The van der Waals surface area contributed by atoms with Crippen LogP contribution in [0.5, 0.6) is 0 Å². The van der Waals surface area contributed by atoms with E-state index in [0.717, 1.165) is 18.7 Å². The number of rotatable bonds is 2. The molecule has 1 aliphatic carbocycles. The fraction of sp³-hybridized carbons (Fsp3) is 0.571. The van der Waals surface area contributed by atoms with Crippen LogP contribution in [0.4, 0.5) is 10.1 Å². The molecule has 1 fully saturated rings. The van der Waals surface area contributed by atoms with Gasteiger partial charge in [-0.2, -0.15) is 0 Å². The second-order valence-electron chi connectivity index (χ2n) is 5.23. The Morgan fingerprint density at radius 3 is 2.82 bits per heavy atom. The van der Waals surface area contributed by atoms with Crippen molar-refractivity contribution in [1.82, 2.24) is 5.32 Å². The van der Waals surface area contributed by atoms with E-state index in [1.54, 1.807) is 12.1 Å². The minimum Gasteiger partial charge on any atom is -0.383 e. The van der Waals surface area contributed by atoms with Crippen LogP contribution in [-0.2, 0) is 6.42 Å². The molecule has 1 aromatic carbocycles. The number of benzene rings is 1. The smallest absolute Gasteiger partial charge is 0.125 e. The summed E-state index contributed by atoms with van der Waals surface area (Å²) in [6.45, 7) is 0.910. The van der Waals surface area contributed by atoms with Crippen LogP contribution in [0.3, 0.4) is 0 Å². The zero-order valence-corrected chi connectivity index (χ0v) is 10.0. The second-order valence-corrected chi connectivity index (χ2v) is 5.23. The lowest BCUT2D eigenvalue weighted by Gasteiger charge is -2.29. The van der Waals surface area contributed by atoms with Crippen LogP contribution in [-0.4, -0.2) is 18.6 Å². The maximum absolute atomic E-state index is 13.1. The van der Waals surface area contributed by atoms with Gasteiger partial charge in [0.25, 0.3) is 0 Å². The normalized spacial score (nSPS) is 24.4. The summed E-state index contributed by atoms with van der Waals surface area (Å²) in [5, 5.41) is 7.04. The fourth-order valence-electron chi connectivity index (χ4n) is 3.01. The van der Waals surface area contributed by atoms with E-state index in [1.807, 2.05) is 6.07 Å². The molecule has 0 saturated heterocycles. The van der Waals surface area contributed by atoms with Gasteiger partial charge in [-0.05, 0) is 37.0 Å². The van der Waals surface area contributed by atoms with Crippen LogP contribution in [0.25, 0.3) is 0 Å². The molecule has 0 spiro atoms. The predicted octanol–water partition coefficient (Wildman–Crippen LogP) is 2.69.